The van der Waals surface area contributed by atoms with Crippen molar-refractivity contribution in [2.75, 3.05) is 6.61 Å². The number of terminal acetylenes is 1. The van der Waals surface area contributed by atoms with Crippen molar-refractivity contribution in [1.29, 1.82) is 0 Å². The first kappa shape index (κ1) is 50.4. The largest absolute Gasteiger partial charge is 0.493 e. The van der Waals surface area contributed by atoms with Gasteiger partial charge in [0.05, 0.1) is 6.61 Å². The minimum atomic E-state index is 0. The fourth-order valence-corrected chi connectivity index (χ4v) is 8.55. The van der Waals surface area contributed by atoms with Crippen LogP contribution in [-0.2, 0) is 5.41 Å². The Morgan fingerprint density at radius 1 is 0.475 bits per heavy atom. The SMILES string of the molecule is C#CC#CC#CC#CC#COc1cc(C)c(OCCCCCCCCCC)cc1C.CCCCCCCCC1(CCCCCCCC)c2cc(C)ccc2-c2ccc(C)cc21.[HH].[HH].[HH].[HH].[HH].[HH].[HH].[HH].[HH].[HH]. The van der Waals surface area contributed by atoms with Crippen LogP contribution < -0.4 is 9.47 Å². The topological polar surface area (TPSA) is 18.5 Å². The third-order valence-corrected chi connectivity index (χ3v) is 12.0. The lowest BCUT2D eigenvalue weighted by Gasteiger charge is -2.33. The van der Waals surface area contributed by atoms with Crippen LogP contribution in [0.25, 0.3) is 11.1 Å². The zero-order valence-electron chi connectivity index (χ0n) is 39.3. The summed E-state index contributed by atoms with van der Waals surface area (Å²) in [6.45, 7) is 16.1. The van der Waals surface area contributed by atoms with Crippen molar-refractivity contribution >= 4 is 0 Å². The van der Waals surface area contributed by atoms with Crippen molar-refractivity contribution in [2.45, 2.75) is 195 Å². The van der Waals surface area contributed by atoms with E-state index in [9.17, 15) is 0 Å². The van der Waals surface area contributed by atoms with Crippen LogP contribution >= 0.6 is 0 Å². The second kappa shape index (κ2) is 30.1. The van der Waals surface area contributed by atoms with Gasteiger partial charge < -0.3 is 9.47 Å². The molecule has 0 heterocycles. The zero-order chi connectivity index (χ0) is 44.0. The highest BCUT2D eigenvalue weighted by Crippen LogP contribution is 2.54. The molecule has 2 heteroatoms. The maximum Gasteiger partial charge on any atom is 0.143 e. The van der Waals surface area contributed by atoms with Gasteiger partial charge in [-0.05, 0) is 116 Å². The third-order valence-electron chi connectivity index (χ3n) is 12.0. The molecule has 1 aliphatic rings. The Labute approximate surface area is 389 Å². The van der Waals surface area contributed by atoms with Crippen molar-refractivity contribution in [1.82, 2.24) is 0 Å². The molecule has 0 amide bonds. The predicted molar refractivity (Wildman–Crippen MR) is 284 cm³/mol. The average molecular weight is 837 g/mol. The van der Waals surface area contributed by atoms with E-state index in [0.717, 1.165) is 29.9 Å². The Morgan fingerprint density at radius 2 is 0.885 bits per heavy atom. The van der Waals surface area contributed by atoms with Gasteiger partial charge in [0.1, 0.15) is 17.6 Å². The molecular weight excluding hydrogens is 741 g/mol. The molecule has 0 radical (unpaired) electrons. The first-order valence-electron chi connectivity index (χ1n) is 23.9. The Kier molecular flexibility index (Phi) is 24.9. The number of rotatable bonds is 25. The Balaban J connectivity index is -0.000000163. The van der Waals surface area contributed by atoms with Crippen molar-refractivity contribution in [3.05, 3.63) is 81.9 Å². The lowest BCUT2D eigenvalue weighted by Crippen LogP contribution is -2.25. The summed E-state index contributed by atoms with van der Waals surface area (Å²) >= 11 is 0. The molecular formula is C59H96O2. The molecule has 61 heavy (non-hydrogen) atoms. The molecule has 0 unspecified atom stereocenters. The van der Waals surface area contributed by atoms with Crippen molar-refractivity contribution in [3.63, 3.8) is 0 Å². The summed E-state index contributed by atoms with van der Waals surface area (Å²) < 4.78 is 11.5. The molecule has 0 saturated heterocycles. The first-order valence-corrected chi connectivity index (χ1v) is 23.9. The highest BCUT2D eigenvalue weighted by Gasteiger charge is 2.42. The van der Waals surface area contributed by atoms with Crippen LogP contribution in [0.15, 0.2) is 48.5 Å². The van der Waals surface area contributed by atoms with Crippen LogP contribution in [0.5, 0.6) is 11.5 Å². The number of unbranched alkanes of at least 4 members (excludes halogenated alkanes) is 17. The minimum Gasteiger partial charge on any atom is -0.493 e. The van der Waals surface area contributed by atoms with Gasteiger partial charge in [0, 0.05) is 43.4 Å². The number of hydrogen-bond acceptors (Lipinski definition) is 2. The van der Waals surface area contributed by atoms with Crippen LogP contribution in [0.1, 0.15) is 210 Å². The van der Waals surface area contributed by atoms with Gasteiger partial charge in [0.2, 0.25) is 0 Å². The Morgan fingerprint density at radius 3 is 1.38 bits per heavy atom. The molecule has 0 aromatic heterocycles. The van der Waals surface area contributed by atoms with Gasteiger partial charge in [0.15, 0.2) is 0 Å². The maximum atomic E-state index is 5.96. The molecule has 4 rings (SSSR count). The van der Waals surface area contributed by atoms with Gasteiger partial charge in [-0.2, -0.15) is 0 Å². The summed E-state index contributed by atoms with van der Waals surface area (Å²) in [7, 11) is 0. The molecule has 0 atom stereocenters. The summed E-state index contributed by atoms with van der Waals surface area (Å²) in [6.07, 6.45) is 37.1. The number of fused-ring (bicyclic) bond motifs is 3. The van der Waals surface area contributed by atoms with Gasteiger partial charge >= 0.3 is 0 Å². The van der Waals surface area contributed by atoms with Crippen LogP contribution in [-0.4, -0.2) is 6.61 Å². The molecule has 0 saturated carbocycles. The summed E-state index contributed by atoms with van der Waals surface area (Å²) in [5.74, 6) is 21.4. The van der Waals surface area contributed by atoms with E-state index in [1.165, 1.54) is 157 Å². The van der Waals surface area contributed by atoms with E-state index in [1.54, 1.807) is 11.1 Å². The normalized spacial score (nSPS) is 11.3. The van der Waals surface area contributed by atoms with Gasteiger partial charge in [-0.15, -0.1) is 6.42 Å². The second-order valence-corrected chi connectivity index (χ2v) is 17.1. The minimum absolute atomic E-state index is 0. The fourth-order valence-electron chi connectivity index (χ4n) is 8.55. The molecule has 0 spiro atoms. The van der Waals surface area contributed by atoms with Gasteiger partial charge in [-0.1, -0.05) is 190 Å². The van der Waals surface area contributed by atoms with E-state index >= 15 is 0 Å². The quantitative estimate of drug-likeness (QED) is 0.0625. The number of hydrogen-bond donors (Lipinski definition) is 0. The van der Waals surface area contributed by atoms with E-state index in [4.69, 9.17) is 15.9 Å². The lowest BCUT2D eigenvalue weighted by atomic mass is 9.70. The summed E-state index contributed by atoms with van der Waals surface area (Å²) in [5, 5.41) is 0. The van der Waals surface area contributed by atoms with E-state index in [1.807, 2.05) is 26.0 Å². The van der Waals surface area contributed by atoms with Crippen molar-refractivity contribution in [2.24, 2.45) is 0 Å². The fraction of sp³-hybridized carbons (Fsp3) is 0.525. The highest BCUT2D eigenvalue weighted by atomic mass is 16.5. The number of ether oxygens (including phenoxy) is 2. The Hall–Kier alpha value is -4.94. The van der Waals surface area contributed by atoms with Crippen LogP contribution in [0, 0.1) is 87.6 Å². The van der Waals surface area contributed by atoms with Crippen LogP contribution in [0.2, 0.25) is 0 Å². The molecule has 0 N–H and O–H groups in total. The molecule has 0 fully saturated rings. The van der Waals surface area contributed by atoms with Gasteiger partial charge in [-0.3, -0.25) is 0 Å². The predicted octanol–water partition coefficient (Wildman–Crippen LogP) is 18.3. The van der Waals surface area contributed by atoms with E-state index in [2.05, 4.69) is 124 Å². The molecule has 0 bridgehead atoms. The van der Waals surface area contributed by atoms with Crippen molar-refractivity contribution < 1.29 is 23.7 Å². The zero-order valence-corrected chi connectivity index (χ0v) is 39.3. The Bertz CT molecular complexity index is 2030. The second-order valence-electron chi connectivity index (χ2n) is 17.1. The number of benzene rings is 3. The first-order chi connectivity index (χ1) is 29.8. The van der Waals surface area contributed by atoms with E-state index in [0.29, 0.717) is 5.75 Å². The molecule has 0 aliphatic heterocycles. The monoisotopic (exact) mass is 837 g/mol. The van der Waals surface area contributed by atoms with Gasteiger partial charge in [0.25, 0.3) is 0 Å². The molecule has 344 valence electrons. The number of aryl methyl sites for hydroxylation is 4. The van der Waals surface area contributed by atoms with E-state index in [-0.39, 0.29) is 19.7 Å². The standard InChI is InChI=1S/C31H46.C28H30O2.10H2/c1-5-7-9-11-13-15-21-31(22-16-14-12-10-8-6-2)29-23-25(3)17-19-27(29)28-20-18-26(4)24-30(28)31;1-5-7-9-11-13-15-17-19-21-29-27-23-26(4)28(24-25(27)3)30-22-20-18-16-14-12-10-8-6-2;;;;;;;;;;/h17-20,23-24H,5-16,21-22H2,1-4H3;1,23-24H,6,8,10,12,14,16,18,20,22H2,2-4H3;10*1H. The molecule has 3 aromatic rings. The molecule has 2 nitrogen and oxygen atoms in total. The maximum absolute atomic E-state index is 5.96. The highest BCUT2D eigenvalue weighted by molar-refractivity contribution is 5.81. The molecule has 3 aromatic carbocycles. The third kappa shape index (κ3) is 17.9. The summed E-state index contributed by atoms with van der Waals surface area (Å²) in [5.41, 5.74) is 11.4. The van der Waals surface area contributed by atoms with Crippen LogP contribution in [0.3, 0.4) is 0 Å². The van der Waals surface area contributed by atoms with Gasteiger partial charge in [-0.25, -0.2) is 0 Å². The average Bonchev–Trinajstić information content (AvgIpc) is 3.51. The lowest BCUT2D eigenvalue weighted by molar-refractivity contribution is 0.301. The summed E-state index contributed by atoms with van der Waals surface area (Å²) in [6, 6.07) is 18.4. The smallest absolute Gasteiger partial charge is 0.143 e. The summed E-state index contributed by atoms with van der Waals surface area (Å²) in [4.78, 5) is 0. The van der Waals surface area contributed by atoms with E-state index < -0.39 is 0 Å². The van der Waals surface area contributed by atoms with Crippen LogP contribution in [0.4, 0.5) is 0 Å². The van der Waals surface area contributed by atoms with Crippen molar-refractivity contribution in [3.8, 4) is 82.5 Å². The molecule has 1 aliphatic carbocycles.